The van der Waals surface area contributed by atoms with Gasteiger partial charge in [-0.25, -0.2) is 0 Å². The van der Waals surface area contributed by atoms with Gasteiger partial charge >= 0.3 is 0 Å². The zero-order valence-corrected chi connectivity index (χ0v) is 8.57. The first-order valence-corrected chi connectivity index (χ1v) is 4.99. The van der Waals surface area contributed by atoms with Crippen molar-refractivity contribution in [2.75, 3.05) is 52.7 Å². The third kappa shape index (κ3) is 11.8. The smallest absolute Gasteiger partial charge is 0.0698 e. The maximum absolute atomic E-state index is 8.41. The minimum atomic E-state index is 0.0784. The van der Waals surface area contributed by atoms with Gasteiger partial charge in [-0.3, -0.25) is 0 Å². The third-order valence-corrected chi connectivity index (χ3v) is 1.54. The molecule has 0 radical (unpaired) electrons. The molecule has 0 bridgehead atoms. The summed E-state index contributed by atoms with van der Waals surface area (Å²) in [4.78, 5) is 0. The Balaban J connectivity index is 2.78. The fourth-order valence-electron chi connectivity index (χ4n) is 0.902. The van der Waals surface area contributed by atoms with E-state index in [-0.39, 0.29) is 13.2 Å². The van der Waals surface area contributed by atoms with E-state index < -0.39 is 0 Å². The quantitative estimate of drug-likeness (QED) is 0.378. The van der Waals surface area contributed by atoms with Crippen LogP contribution in [-0.4, -0.2) is 62.9 Å². The van der Waals surface area contributed by atoms with Crippen LogP contribution in [0, 0.1) is 0 Å². The molecule has 0 saturated carbocycles. The first-order chi connectivity index (χ1) is 6.91. The number of hydrogen-bond acceptors (Lipinski definition) is 5. The number of hydrogen-bond donors (Lipinski definition) is 3. The van der Waals surface area contributed by atoms with Crippen molar-refractivity contribution in [3.05, 3.63) is 0 Å². The lowest BCUT2D eigenvalue weighted by molar-refractivity contribution is 0.0865. The van der Waals surface area contributed by atoms with Gasteiger partial charge in [-0.05, 0) is 13.0 Å². The molecule has 0 aromatic carbocycles. The number of aliphatic hydroxyl groups is 2. The second-order valence-electron chi connectivity index (χ2n) is 2.78. The summed E-state index contributed by atoms with van der Waals surface area (Å²) in [5, 5.41) is 20.0. The van der Waals surface area contributed by atoms with Crippen molar-refractivity contribution in [1.82, 2.24) is 5.32 Å². The molecular formula is C9H21NO4. The van der Waals surface area contributed by atoms with Gasteiger partial charge in [-0.1, -0.05) is 0 Å². The fourth-order valence-corrected chi connectivity index (χ4v) is 0.902. The second-order valence-corrected chi connectivity index (χ2v) is 2.78. The molecule has 0 spiro atoms. The van der Waals surface area contributed by atoms with Gasteiger partial charge in [0, 0.05) is 13.2 Å². The summed E-state index contributed by atoms with van der Waals surface area (Å²) in [6.45, 7) is 3.95. The normalized spacial score (nSPS) is 10.7. The molecule has 0 aromatic heterocycles. The Morgan fingerprint density at radius 1 is 0.786 bits per heavy atom. The lowest BCUT2D eigenvalue weighted by atomic mass is 10.4. The van der Waals surface area contributed by atoms with Crippen molar-refractivity contribution in [2.24, 2.45) is 0 Å². The number of aliphatic hydroxyl groups excluding tert-OH is 2. The third-order valence-electron chi connectivity index (χ3n) is 1.54. The largest absolute Gasteiger partial charge is 0.394 e. The first-order valence-electron chi connectivity index (χ1n) is 4.99. The summed E-state index contributed by atoms with van der Waals surface area (Å²) >= 11 is 0. The van der Waals surface area contributed by atoms with Crippen LogP contribution in [-0.2, 0) is 9.47 Å². The standard InChI is InChI=1S/C9H21NO4/c11-4-8-13-6-1-2-10-3-7-14-9-5-12/h10-12H,1-9H2. The van der Waals surface area contributed by atoms with Crippen LogP contribution in [0.4, 0.5) is 0 Å². The Morgan fingerprint density at radius 3 is 2.07 bits per heavy atom. The van der Waals surface area contributed by atoms with Gasteiger partial charge in [-0.15, -0.1) is 0 Å². The summed E-state index contributed by atoms with van der Waals surface area (Å²) in [5.41, 5.74) is 0. The van der Waals surface area contributed by atoms with Crippen molar-refractivity contribution in [2.45, 2.75) is 6.42 Å². The van der Waals surface area contributed by atoms with Gasteiger partial charge in [0.05, 0.1) is 33.0 Å². The fraction of sp³-hybridized carbons (Fsp3) is 1.00. The average molecular weight is 207 g/mol. The molecule has 86 valence electrons. The predicted octanol–water partition coefficient (Wildman–Crippen LogP) is -1.02. The lowest BCUT2D eigenvalue weighted by Gasteiger charge is -2.05. The highest BCUT2D eigenvalue weighted by Gasteiger charge is 1.89. The van der Waals surface area contributed by atoms with Crippen LogP contribution >= 0.6 is 0 Å². The van der Waals surface area contributed by atoms with E-state index in [0.717, 1.165) is 19.5 Å². The van der Waals surface area contributed by atoms with Crippen LogP contribution in [0.15, 0.2) is 0 Å². The van der Waals surface area contributed by atoms with E-state index in [1.807, 2.05) is 0 Å². The Hall–Kier alpha value is -0.200. The average Bonchev–Trinajstić information content (AvgIpc) is 2.21. The molecule has 14 heavy (non-hydrogen) atoms. The highest BCUT2D eigenvalue weighted by Crippen LogP contribution is 1.80. The highest BCUT2D eigenvalue weighted by molar-refractivity contribution is 4.46. The maximum Gasteiger partial charge on any atom is 0.0698 e. The molecule has 5 heteroatoms. The summed E-state index contributed by atoms with van der Waals surface area (Å²) in [5.74, 6) is 0. The van der Waals surface area contributed by atoms with Crippen molar-refractivity contribution in [1.29, 1.82) is 0 Å². The summed E-state index contributed by atoms with van der Waals surface area (Å²) in [6, 6.07) is 0. The maximum atomic E-state index is 8.41. The predicted molar refractivity (Wildman–Crippen MR) is 53.3 cm³/mol. The number of nitrogens with one attached hydrogen (secondary N) is 1. The van der Waals surface area contributed by atoms with E-state index in [1.165, 1.54) is 0 Å². The number of rotatable bonds is 11. The van der Waals surface area contributed by atoms with E-state index in [1.54, 1.807) is 0 Å². The van der Waals surface area contributed by atoms with Crippen LogP contribution < -0.4 is 5.32 Å². The van der Waals surface area contributed by atoms with E-state index in [4.69, 9.17) is 19.7 Å². The molecule has 0 aromatic rings. The van der Waals surface area contributed by atoms with E-state index in [9.17, 15) is 0 Å². The Morgan fingerprint density at radius 2 is 1.43 bits per heavy atom. The summed E-state index contributed by atoms with van der Waals surface area (Å²) < 4.78 is 10.1. The van der Waals surface area contributed by atoms with Gasteiger partial charge < -0.3 is 25.0 Å². The number of ether oxygens (including phenoxy) is 2. The molecule has 0 unspecified atom stereocenters. The Kier molecular flexibility index (Phi) is 12.6. The minimum Gasteiger partial charge on any atom is -0.394 e. The van der Waals surface area contributed by atoms with Crippen LogP contribution in [0.25, 0.3) is 0 Å². The van der Waals surface area contributed by atoms with Gasteiger partial charge in [0.25, 0.3) is 0 Å². The SMILES string of the molecule is OCCOCCCNCCOCCO. The first kappa shape index (κ1) is 13.8. The lowest BCUT2D eigenvalue weighted by Crippen LogP contribution is -2.22. The molecular weight excluding hydrogens is 186 g/mol. The molecule has 5 nitrogen and oxygen atoms in total. The Bertz CT molecular complexity index is 90.8. The second kappa shape index (κ2) is 12.8. The molecule has 3 N–H and O–H groups in total. The van der Waals surface area contributed by atoms with Crippen LogP contribution in [0.5, 0.6) is 0 Å². The van der Waals surface area contributed by atoms with Crippen molar-refractivity contribution >= 4 is 0 Å². The molecule has 0 amide bonds. The molecule has 0 aliphatic rings. The zero-order chi connectivity index (χ0) is 10.5. The van der Waals surface area contributed by atoms with Gasteiger partial charge in [0.15, 0.2) is 0 Å². The zero-order valence-electron chi connectivity index (χ0n) is 8.57. The molecule has 0 aliphatic heterocycles. The summed E-state index contributed by atoms with van der Waals surface area (Å²) in [7, 11) is 0. The van der Waals surface area contributed by atoms with Crippen LogP contribution in [0.3, 0.4) is 0 Å². The molecule has 0 heterocycles. The van der Waals surface area contributed by atoms with Gasteiger partial charge in [0.1, 0.15) is 0 Å². The van der Waals surface area contributed by atoms with Gasteiger partial charge in [-0.2, -0.15) is 0 Å². The van der Waals surface area contributed by atoms with Gasteiger partial charge in [0.2, 0.25) is 0 Å². The van der Waals surface area contributed by atoms with E-state index in [2.05, 4.69) is 5.32 Å². The monoisotopic (exact) mass is 207 g/mol. The molecule has 0 rings (SSSR count). The minimum absolute atomic E-state index is 0.0784. The molecule has 0 aliphatic carbocycles. The van der Waals surface area contributed by atoms with E-state index >= 15 is 0 Å². The molecule has 0 saturated heterocycles. The highest BCUT2D eigenvalue weighted by atomic mass is 16.5. The van der Waals surface area contributed by atoms with E-state index in [0.29, 0.717) is 26.4 Å². The molecule has 0 fully saturated rings. The van der Waals surface area contributed by atoms with Crippen molar-refractivity contribution in [3.63, 3.8) is 0 Å². The van der Waals surface area contributed by atoms with Crippen molar-refractivity contribution < 1.29 is 19.7 Å². The van der Waals surface area contributed by atoms with Crippen molar-refractivity contribution in [3.8, 4) is 0 Å². The van der Waals surface area contributed by atoms with Crippen LogP contribution in [0.1, 0.15) is 6.42 Å². The van der Waals surface area contributed by atoms with Crippen LogP contribution in [0.2, 0.25) is 0 Å². The molecule has 0 atom stereocenters. The Labute approximate surface area is 85.0 Å². The topological polar surface area (TPSA) is 71.0 Å². The summed E-state index contributed by atoms with van der Waals surface area (Å²) in [6.07, 6.45) is 0.931.